The number of pyridine rings is 1. The predicted octanol–water partition coefficient (Wildman–Crippen LogP) is 5.52. The maximum atomic E-state index is 14.6. The first-order chi connectivity index (χ1) is 16.9. The van der Waals surface area contributed by atoms with Crippen molar-refractivity contribution in [1.29, 1.82) is 0 Å². The molecule has 0 spiro atoms. The van der Waals surface area contributed by atoms with E-state index in [-0.39, 0.29) is 24.9 Å². The van der Waals surface area contributed by atoms with Crippen LogP contribution in [0.5, 0.6) is 5.88 Å². The fourth-order valence-corrected chi connectivity index (χ4v) is 4.02. The van der Waals surface area contributed by atoms with Gasteiger partial charge in [0.05, 0.1) is 17.6 Å². The largest absolute Gasteiger partial charge is 0.490 e. The molecule has 6 nitrogen and oxygen atoms in total. The summed E-state index contributed by atoms with van der Waals surface area (Å²) in [6, 6.07) is 18.0. The summed E-state index contributed by atoms with van der Waals surface area (Å²) in [6.45, 7) is -0.206. The Morgan fingerprint density at radius 3 is 2.39 bits per heavy atom. The van der Waals surface area contributed by atoms with Gasteiger partial charge in [-0.1, -0.05) is 30.3 Å². The summed E-state index contributed by atoms with van der Waals surface area (Å²) in [5.41, 5.74) is 1.19. The molecule has 0 saturated carbocycles. The van der Waals surface area contributed by atoms with Gasteiger partial charge in [0, 0.05) is 29.3 Å². The second-order valence-corrected chi connectivity index (χ2v) is 8.56. The highest BCUT2D eigenvalue weighted by Gasteiger charge is 2.47. The molecule has 36 heavy (non-hydrogen) atoms. The number of ether oxygens (including phenoxy) is 1. The zero-order chi connectivity index (χ0) is 26.5. The Labute approximate surface area is 207 Å². The zero-order valence-electron chi connectivity index (χ0n) is 18.8. The van der Waals surface area contributed by atoms with Crippen molar-refractivity contribution in [2.75, 3.05) is 19.3 Å². The van der Waals surface area contributed by atoms with Gasteiger partial charge in [0.15, 0.2) is 6.10 Å². The lowest BCUT2D eigenvalue weighted by Gasteiger charge is -2.38. The van der Waals surface area contributed by atoms with Crippen LogP contribution in [0, 0.1) is 0 Å². The molecule has 3 aromatic rings. The Kier molecular flexibility index (Phi) is 8.39. The van der Waals surface area contributed by atoms with E-state index in [1.165, 1.54) is 16.7 Å². The number of thioether (sulfide) groups is 1. The highest BCUT2D eigenvalue weighted by atomic mass is 32.2. The molecule has 1 amide bonds. The summed E-state index contributed by atoms with van der Waals surface area (Å²) in [6.07, 6.45) is -5.10. The molecule has 1 N–H and O–H groups in total. The summed E-state index contributed by atoms with van der Waals surface area (Å²) in [4.78, 5) is 28.4. The van der Waals surface area contributed by atoms with E-state index < -0.39 is 30.6 Å². The lowest BCUT2D eigenvalue weighted by Crippen LogP contribution is -2.55. The van der Waals surface area contributed by atoms with Gasteiger partial charge in [0.25, 0.3) is 11.8 Å². The fraction of sp³-hybridized carbons (Fsp3) is 0.292. The Hall–Kier alpha value is -3.41. The summed E-state index contributed by atoms with van der Waals surface area (Å²) < 4.78 is 66.4. The molecule has 2 aromatic carbocycles. The topological polar surface area (TPSA) is 79.7 Å². The van der Waals surface area contributed by atoms with Crippen LogP contribution in [-0.4, -0.2) is 64.4 Å². The van der Waals surface area contributed by atoms with Crippen molar-refractivity contribution in [2.45, 2.75) is 29.5 Å². The second kappa shape index (κ2) is 11.1. The number of piperidine rings is 1. The van der Waals surface area contributed by atoms with Crippen molar-refractivity contribution in [3.8, 4) is 5.88 Å². The molecule has 4 rings (SSSR count). The number of likely N-dealkylation sites (tertiary alicyclic amines) is 1. The standard InChI is InChI=1S/C22H20F2N2O2S.C2HF3O2/c1-29-18-9-5-3-7-16(18)21(27)26-13-12-22(23,24)19(14-26)28-20-11-10-15-6-2-4-8-17(15)25-20;3-2(4,5)1(6)7/h2-11,19H,12-14H2,1H3;(H,6,7). The maximum absolute atomic E-state index is 14.6. The van der Waals surface area contributed by atoms with Crippen molar-refractivity contribution in [1.82, 2.24) is 9.88 Å². The lowest BCUT2D eigenvalue weighted by molar-refractivity contribution is -0.192. The first kappa shape index (κ1) is 27.2. The number of amides is 1. The minimum absolute atomic E-state index is 0.0143. The molecule has 0 radical (unpaired) electrons. The van der Waals surface area contributed by atoms with E-state index in [0.717, 1.165) is 10.3 Å². The van der Waals surface area contributed by atoms with Gasteiger partial charge in [-0.2, -0.15) is 13.2 Å². The van der Waals surface area contributed by atoms with Gasteiger partial charge in [0.1, 0.15) is 0 Å². The Balaban J connectivity index is 0.000000454. The second-order valence-electron chi connectivity index (χ2n) is 7.71. The Bertz CT molecular complexity index is 1240. The number of carboxylic acid groups (broad SMARTS) is 1. The molecule has 12 heteroatoms. The predicted molar refractivity (Wildman–Crippen MR) is 124 cm³/mol. The third-order valence-electron chi connectivity index (χ3n) is 5.28. The first-order valence-electron chi connectivity index (χ1n) is 10.5. The SMILES string of the molecule is CSc1ccccc1C(=O)N1CCC(F)(F)C(Oc2ccc3ccccc3n2)C1.O=C(O)C(F)(F)F. The van der Waals surface area contributed by atoms with Gasteiger partial charge in [-0.25, -0.2) is 18.6 Å². The molecule has 192 valence electrons. The van der Waals surface area contributed by atoms with Crippen LogP contribution in [0.3, 0.4) is 0 Å². The number of nitrogens with zero attached hydrogens (tertiary/aromatic N) is 2. The molecule has 0 bridgehead atoms. The van der Waals surface area contributed by atoms with Gasteiger partial charge in [0.2, 0.25) is 5.88 Å². The number of hydrogen-bond acceptors (Lipinski definition) is 5. The molecule has 1 aliphatic heterocycles. The third kappa shape index (κ3) is 6.62. The number of alkyl halides is 5. The quantitative estimate of drug-likeness (QED) is 0.355. The monoisotopic (exact) mass is 528 g/mol. The van der Waals surface area contributed by atoms with Crippen LogP contribution in [-0.2, 0) is 4.79 Å². The summed E-state index contributed by atoms with van der Waals surface area (Å²) in [5.74, 6) is -5.92. The number of rotatable bonds is 4. The average Bonchev–Trinajstić information content (AvgIpc) is 2.84. The Morgan fingerprint density at radius 1 is 1.08 bits per heavy atom. The molecular formula is C24H21F5N2O4S. The maximum Gasteiger partial charge on any atom is 0.490 e. The molecule has 1 unspecified atom stereocenters. The Morgan fingerprint density at radius 2 is 1.72 bits per heavy atom. The van der Waals surface area contributed by atoms with Crippen LogP contribution < -0.4 is 4.74 Å². The minimum Gasteiger partial charge on any atom is -0.475 e. The van der Waals surface area contributed by atoms with E-state index in [0.29, 0.717) is 11.1 Å². The number of para-hydroxylation sites is 1. The lowest BCUT2D eigenvalue weighted by atomic mass is 10.0. The van der Waals surface area contributed by atoms with Gasteiger partial charge < -0.3 is 14.7 Å². The molecule has 1 atom stereocenters. The molecule has 0 aliphatic carbocycles. The van der Waals surface area contributed by atoms with Crippen molar-refractivity contribution in [2.24, 2.45) is 0 Å². The van der Waals surface area contributed by atoms with Crippen molar-refractivity contribution in [3.05, 3.63) is 66.2 Å². The van der Waals surface area contributed by atoms with E-state index in [1.807, 2.05) is 36.6 Å². The summed E-state index contributed by atoms with van der Waals surface area (Å²) in [7, 11) is 0. The van der Waals surface area contributed by atoms with Gasteiger partial charge in [-0.3, -0.25) is 4.79 Å². The van der Waals surface area contributed by atoms with Crippen LogP contribution in [0.2, 0.25) is 0 Å². The van der Waals surface area contributed by atoms with E-state index in [2.05, 4.69) is 4.98 Å². The number of aliphatic carboxylic acids is 1. The number of aromatic nitrogens is 1. The summed E-state index contributed by atoms with van der Waals surface area (Å²) in [5, 5.41) is 8.03. The average molecular weight is 528 g/mol. The van der Waals surface area contributed by atoms with E-state index >= 15 is 0 Å². The van der Waals surface area contributed by atoms with Gasteiger partial charge in [-0.15, -0.1) is 11.8 Å². The number of hydrogen-bond donors (Lipinski definition) is 1. The number of carboxylic acids is 1. The van der Waals surface area contributed by atoms with Crippen LogP contribution in [0.25, 0.3) is 10.9 Å². The normalized spacial score (nSPS) is 17.2. The molecule has 1 fully saturated rings. The first-order valence-corrected chi connectivity index (χ1v) is 11.8. The molecule has 1 saturated heterocycles. The number of fused-ring (bicyclic) bond motifs is 1. The van der Waals surface area contributed by atoms with Crippen LogP contribution in [0.15, 0.2) is 65.6 Å². The molecule has 1 aromatic heterocycles. The third-order valence-corrected chi connectivity index (χ3v) is 6.07. The van der Waals surface area contributed by atoms with Gasteiger partial charge >= 0.3 is 12.1 Å². The molecular weight excluding hydrogens is 507 g/mol. The highest BCUT2D eigenvalue weighted by molar-refractivity contribution is 7.98. The van der Waals surface area contributed by atoms with Crippen molar-refractivity contribution >= 4 is 34.5 Å². The van der Waals surface area contributed by atoms with E-state index in [4.69, 9.17) is 14.6 Å². The molecule has 2 heterocycles. The van der Waals surface area contributed by atoms with Crippen molar-refractivity contribution < 1.29 is 41.4 Å². The smallest absolute Gasteiger partial charge is 0.475 e. The molecule has 1 aliphatic rings. The summed E-state index contributed by atoms with van der Waals surface area (Å²) >= 11 is 1.46. The van der Waals surface area contributed by atoms with Crippen molar-refractivity contribution in [3.63, 3.8) is 0 Å². The number of carbonyl (C=O) groups excluding carboxylic acids is 1. The zero-order valence-corrected chi connectivity index (χ0v) is 19.7. The van der Waals surface area contributed by atoms with Gasteiger partial charge in [-0.05, 0) is 30.5 Å². The number of benzene rings is 2. The minimum atomic E-state index is -5.08. The van der Waals surface area contributed by atoms with Crippen LogP contribution in [0.4, 0.5) is 22.0 Å². The van der Waals surface area contributed by atoms with E-state index in [9.17, 15) is 26.7 Å². The number of carbonyl (C=O) groups is 2. The highest BCUT2D eigenvalue weighted by Crippen LogP contribution is 2.33. The fourth-order valence-electron chi connectivity index (χ4n) is 3.43. The van der Waals surface area contributed by atoms with Crippen LogP contribution in [0.1, 0.15) is 16.8 Å². The van der Waals surface area contributed by atoms with Crippen LogP contribution >= 0.6 is 11.8 Å². The number of halogens is 5. The van der Waals surface area contributed by atoms with E-state index in [1.54, 1.807) is 30.3 Å².